The Bertz CT molecular complexity index is 469. The molecule has 1 aliphatic heterocycles. The fourth-order valence-electron chi connectivity index (χ4n) is 4.38. The monoisotopic (exact) mass is 266 g/mol. The first-order valence-electron chi connectivity index (χ1n) is 7.13. The minimum atomic E-state index is -0.941. The molecule has 0 bridgehead atoms. The maximum absolute atomic E-state index is 11.7. The summed E-state index contributed by atoms with van der Waals surface area (Å²) in [5.41, 5.74) is -0.306. The van der Waals surface area contributed by atoms with Gasteiger partial charge in [-0.25, -0.2) is 4.79 Å². The highest BCUT2D eigenvalue weighted by molar-refractivity contribution is 5.92. The van der Waals surface area contributed by atoms with E-state index in [1.807, 2.05) is 6.92 Å². The van der Waals surface area contributed by atoms with Crippen LogP contribution in [0.1, 0.15) is 46.5 Å². The summed E-state index contributed by atoms with van der Waals surface area (Å²) in [6.45, 7) is 5.75. The second-order valence-electron chi connectivity index (χ2n) is 6.69. The van der Waals surface area contributed by atoms with E-state index in [0.29, 0.717) is 24.0 Å². The van der Waals surface area contributed by atoms with Crippen LogP contribution < -0.4 is 0 Å². The number of aliphatic hydroxyl groups excluding tert-OH is 1. The molecule has 0 aromatic rings. The first-order valence-corrected chi connectivity index (χ1v) is 7.13. The molecule has 0 amide bonds. The molecular formula is C15H22O4. The zero-order valence-corrected chi connectivity index (χ0v) is 11.8. The van der Waals surface area contributed by atoms with Gasteiger partial charge in [0, 0.05) is 23.0 Å². The van der Waals surface area contributed by atoms with Crippen LogP contribution in [0.5, 0.6) is 0 Å². The molecule has 2 aliphatic carbocycles. The largest absolute Gasteiger partial charge is 0.454 e. The van der Waals surface area contributed by atoms with Gasteiger partial charge in [-0.2, -0.15) is 0 Å². The summed E-state index contributed by atoms with van der Waals surface area (Å²) < 4.78 is 5.31. The zero-order chi connectivity index (χ0) is 14.0. The lowest BCUT2D eigenvalue weighted by Gasteiger charge is -2.58. The molecule has 0 aromatic heterocycles. The molecule has 0 unspecified atom stereocenters. The Labute approximate surface area is 113 Å². The van der Waals surface area contributed by atoms with E-state index < -0.39 is 23.2 Å². The molecular weight excluding hydrogens is 244 g/mol. The molecule has 2 fully saturated rings. The maximum Gasteiger partial charge on any atom is 0.334 e. The molecule has 106 valence electrons. The van der Waals surface area contributed by atoms with E-state index in [-0.39, 0.29) is 11.9 Å². The van der Waals surface area contributed by atoms with Gasteiger partial charge in [0.15, 0.2) is 0 Å². The first-order chi connectivity index (χ1) is 8.81. The fourth-order valence-corrected chi connectivity index (χ4v) is 4.38. The molecule has 0 radical (unpaired) electrons. The van der Waals surface area contributed by atoms with E-state index in [2.05, 4.69) is 6.92 Å². The molecule has 4 nitrogen and oxygen atoms in total. The van der Waals surface area contributed by atoms with Crippen LogP contribution in [0, 0.1) is 11.3 Å². The van der Waals surface area contributed by atoms with E-state index in [1.54, 1.807) is 6.92 Å². The number of esters is 1. The van der Waals surface area contributed by atoms with Crippen molar-refractivity contribution < 1.29 is 19.7 Å². The number of fused-ring (bicyclic) bond motifs is 2. The van der Waals surface area contributed by atoms with Crippen molar-refractivity contribution in [3.63, 3.8) is 0 Å². The summed E-state index contributed by atoms with van der Waals surface area (Å²) in [5, 5.41) is 21.8. The van der Waals surface area contributed by atoms with Gasteiger partial charge in [-0.3, -0.25) is 0 Å². The Morgan fingerprint density at radius 3 is 2.79 bits per heavy atom. The summed E-state index contributed by atoms with van der Waals surface area (Å²) in [6.07, 6.45) is 1.82. The molecule has 2 saturated carbocycles. The third-order valence-electron chi connectivity index (χ3n) is 5.97. The maximum atomic E-state index is 11.7. The van der Waals surface area contributed by atoms with Gasteiger partial charge in [-0.15, -0.1) is 0 Å². The standard InChI is InChI=1S/C15H22O4/c1-8-5-4-6-15(18)7-10-11(9(2)13(17)19-10)12(16)14(8,15)3/h8,10,12,16,18H,4-7H2,1-3H3/t8-,10+,12-,14-,15-/m0/s1. The molecule has 3 rings (SSSR count). The number of rotatable bonds is 0. The molecule has 0 aromatic carbocycles. The van der Waals surface area contributed by atoms with E-state index in [1.165, 1.54) is 0 Å². The van der Waals surface area contributed by atoms with E-state index in [0.717, 1.165) is 12.8 Å². The van der Waals surface area contributed by atoms with Gasteiger partial charge in [0.2, 0.25) is 0 Å². The van der Waals surface area contributed by atoms with Crippen LogP contribution in [-0.4, -0.2) is 34.0 Å². The second-order valence-corrected chi connectivity index (χ2v) is 6.69. The number of hydrogen-bond acceptors (Lipinski definition) is 4. The van der Waals surface area contributed by atoms with Crippen LogP contribution in [0.4, 0.5) is 0 Å². The summed E-state index contributed by atoms with van der Waals surface area (Å²) in [4.78, 5) is 11.7. The van der Waals surface area contributed by atoms with Crippen molar-refractivity contribution in [1.29, 1.82) is 0 Å². The van der Waals surface area contributed by atoms with Gasteiger partial charge >= 0.3 is 5.97 Å². The number of hydrogen-bond donors (Lipinski definition) is 2. The average Bonchev–Trinajstić information content (AvgIpc) is 2.60. The Balaban J connectivity index is 2.11. The van der Waals surface area contributed by atoms with E-state index in [4.69, 9.17) is 4.74 Å². The van der Waals surface area contributed by atoms with E-state index in [9.17, 15) is 15.0 Å². The molecule has 0 spiro atoms. The average molecular weight is 266 g/mol. The predicted molar refractivity (Wildman–Crippen MR) is 69.3 cm³/mol. The van der Waals surface area contributed by atoms with Crippen molar-refractivity contribution >= 4 is 5.97 Å². The molecule has 4 heteroatoms. The van der Waals surface area contributed by atoms with Crippen LogP contribution in [0.15, 0.2) is 11.1 Å². The quantitative estimate of drug-likeness (QED) is 0.653. The third kappa shape index (κ3) is 1.44. The molecule has 0 saturated heterocycles. The first kappa shape index (κ1) is 13.1. The topological polar surface area (TPSA) is 66.8 Å². The molecule has 19 heavy (non-hydrogen) atoms. The number of aliphatic hydroxyl groups is 2. The smallest absolute Gasteiger partial charge is 0.334 e. The highest BCUT2D eigenvalue weighted by Gasteiger charge is 2.63. The lowest BCUT2D eigenvalue weighted by atomic mass is 9.50. The van der Waals surface area contributed by atoms with Crippen LogP contribution >= 0.6 is 0 Å². The van der Waals surface area contributed by atoms with Crippen molar-refractivity contribution in [2.45, 2.75) is 64.3 Å². The van der Waals surface area contributed by atoms with Gasteiger partial charge in [-0.05, 0) is 25.7 Å². The van der Waals surface area contributed by atoms with Crippen LogP contribution in [-0.2, 0) is 9.53 Å². The van der Waals surface area contributed by atoms with Crippen LogP contribution in [0.25, 0.3) is 0 Å². The molecule has 1 heterocycles. The van der Waals surface area contributed by atoms with Crippen molar-refractivity contribution in [3.05, 3.63) is 11.1 Å². The van der Waals surface area contributed by atoms with Gasteiger partial charge in [0.05, 0.1) is 11.7 Å². The molecule has 2 N–H and O–H groups in total. The lowest BCUT2D eigenvalue weighted by molar-refractivity contribution is -0.208. The number of carbonyl (C=O) groups excluding carboxylic acids is 1. The van der Waals surface area contributed by atoms with Gasteiger partial charge in [0.1, 0.15) is 6.10 Å². The molecule has 3 aliphatic rings. The van der Waals surface area contributed by atoms with Crippen molar-refractivity contribution in [2.24, 2.45) is 11.3 Å². The Morgan fingerprint density at radius 1 is 1.42 bits per heavy atom. The Morgan fingerprint density at radius 2 is 2.11 bits per heavy atom. The normalized spacial score (nSPS) is 49.7. The Kier molecular flexibility index (Phi) is 2.64. The van der Waals surface area contributed by atoms with Crippen molar-refractivity contribution in [1.82, 2.24) is 0 Å². The lowest BCUT2D eigenvalue weighted by Crippen LogP contribution is -2.64. The molecule has 5 atom stereocenters. The SMILES string of the molecule is CC1=C2[C@@H](C[C@@]3(O)CCC[C@H](C)[C@@]3(C)[C@H]2O)OC1=O. The van der Waals surface area contributed by atoms with Crippen LogP contribution in [0.2, 0.25) is 0 Å². The summed E-state index contributed by atoms with van der Waals surface area (Å²) in [6, 6.07) is 0. The summed E-state index contributed by atoms with van der Waals surface area (Å²) in [5.74, 6) is -0.129. The second kappa shape index (κ2) is 3.83. The number of carbonyl (C=O) groups is 1. The minimum Gasteiger partial charge on any atom is -0.454 e. The fraction of sp³-hybridized carbons (Fsp3) is 0.800. The predicted octanol–water partition coefficient (Wildman–Crippen LogP) is 1.55. The highest BCUT2D eigenvalue weighted by Crippen LogP contribution is 2.58. The van der Waals surface area contributed by atoms with Crippen LogP contribution in [0.3, 0.4) is 0 Å². The van der Waals surface area contributed by atoms with Gasteiger partial charge in [0.25, 0.3) is 0 Å². The summed E-state index contributed by atoms with van der Waals surface area (Å²) >= 11 is 0. The van der Waals surface area contributed by atoms with Gasteiger partial charge in [-0.1, -0.05) is 20.3 Å². The Hall–Kier alpha value is -0.870. The van der Waals surface area contributed by atoms with Crippen molar-refractivity contribution in [2.75, 3.05) is 0 Å². The van der Waals surface area contributed by atoms with Crippen molar-refractivity contribution in [3.8, 4) is 0 Å². The highest BCUT2D eigenvalue weighted by atomic mass is 16.6. The summed E-state index contributed by atoms with van der Waals surface area (Å²) in [7, 11) is 0. The number of ether oxygens (including phenoxy) is 1. The van der Waals surface area contributed by atoms with E-state index >= 15 is 0 Å². The minimum absolute atomic E-state index is 0.221. The zero-order valence-electron chi connectivity index (χ0n) is 11.8. The third-order valence-corrected chi connectivity index (χ3v) is 5.97. The van der Waals surface area contributed by atoms with Gasteiger partial charge < -0.3 is 14.9 Å².